The molecule has 0 aliphatic rings. The number of hydrogen-bond acceptors (Lipinski definition) is 1. The van der Waals surface area contributed by atoms with Gasteiger partial charge in [-0.2, -0.15) is 0 Å². The van der Waals surface area contributed by atoms with Crippen LogP contribution < -0.4 is 0 Å². The lowest BCUT2D eigenvalue weighted by Crippen LogP contribution is -2.06. The van der Waals surface area contributed by atoms with Gasteiger partial charge in [0.05, 0.1) is 6.04 Å². The summed E-state index contributed by atoms with van der Waals surface area (Å²) in [5.41, 5.74) is 14.1. The first-order valence-corrected chi connectivity index (χ1v) is 18.0. The number of aliphatic imine (C=N–C) groups is 2. The summed E-state index contributed by atoms with van der Waals surface area (Å²) in [6.45, 7) is 13.0. The van der Waals surface area contributed by atoms with Crippen LogP contribution >= 0.6 is 0 Å². The highest BCUT2D eigenvalue weighted by atomic mass is 14.9. The van der Waals surface area contributed by atoms with Gasteiger partial charge in [0.2, 0.25) is 0 Å². The number of amidine groups is 1. The van der Waals surface area contributed by atoms with Gasteiger partial charge in [-0.25, -0.2) is 4.99 Å². The van der Waals surface area contributed by atoms with E-state index >= 15 is 0 Å². The molecule has 0 bridgehead atoms. The monoisotopic (exact) mass is 654 g/mol. The number of benzene rings is 6. The highest BCUT2D eigenvalue weighted by molar-refractivity contribution is 6.12. The first-order chi connectivity index (χ1) is 24.4. The molecule has 0 aromatic heterocycles. The van der Waals surface area contributed by atoms with E-state index in [1.807, 2.05) is 24.3 Å². The van der Waals surface area contributed by atoms with E-state index in [1.165, 1.54) is 46.2 Å². The fraction of sp³-hybridized carbons (Fsp3) is 0.208. The van der Waals surface area contributed by atoms with Gasteiger partial charge in [0.1, 0.15) is 0 Å². The van der Waals surface area contributed by atoms with Gasteiger partial charge in [-0.3, -0.25) is 4.99 Å². The van der Waals surface area contributed by atoms with Crippen molar-refractivity contribution in [3.63, 3.8) is 0 Å². The molecule has 1 unspecified atom stereocenters. The summed E-state index contributed by atoms with van der Waals surface area (Å²) < 4.78 is 0. The van der Waals surface area contributed by atoms with E-state index < -0.39 is 0 Å². The zero-order valence-electron chi connectivity index (χ0n) is 30.5. The smallest absolute Gasteiger partial charge is 0.155 e. The molecule has 0 aliphatic carbocycles. The fourth-order valence-electron chi connectivity index (χ4n) is 5.95. The van der Waals surface area contributed by atoms with E-state index in [1.54, 1.807) is 0 Å². The summed E-state index contributed by atoms with van der Waals surface area (Å²) >= 11 is 0. The molecule has 0 saturated carbocycles. The number of unbranched alkanes of at least 4 members (excludes halogenated alkanes) is 1. The molecule has 1 atom stereocenters. The van der Waals surface area contributed by atoms with Gasteiger partial charge in [0.25, 0.3) is 0 Å². The molecule has 0 aliphatic heterocycles. The molecule has 252 valence electrons. The second kappa shape index (κ2) is 17.9. The van der Waals surface area contributed by atoms with Crippen LogP contribution in [0.15, 0.2) is 162 Å². The quantitative estimate of drug-likeness (QED) is 0.109. The third kappa shape index (κ3) is 9.21. The van der Waals surface area contributed by atoms with E-state index in [0.29, 0.717) is 0 Å². The SMILES string of the molecule is CCCC.CCc1ccccc1-c1cc(-c2cc(C(C)=NC(=NC(C)c3ccccc3)c3ccccc3)cc(-c3ccccc3)c2)ccc1C. The van der Waals surface area contributed by atoms with Crippen molar-refractivity contribution in [1.29, 1.82) is 0 Å². The zero-order valence-corrected chi connectivity index (χ0v) is 30.5. The van der Waals surface area contributed by atoms with Crippen molar-refractivity contribution < 1.29 is 0 Å². The molecule has 6 aromatic rings. The van der Waals surface area contributed by atoms with Gasteiger partial charge in [0.15, 0.2) is 5.84 Å². The van der Waals surface area contributed by atoms with Crippen molar-refractivity contribution in [2.45, 2.75) is 66.8 Å². The van der Waals surface area contributed by atoms with Crippen molar-refractivity contribution in [3.05, 3.63) is 179 Å². The van der Waals surface area contributed by atoms with Gasteiger partial charge in [0, 0.05) is 11.3 Å². The predicted molar refractivity (Wildman–Crippen MR) is 217 cm³/mol. The molecule has 0 N–H and O–H groups in total. The van der Waals surface area contributed by atoms with Crippen LogP contribution in [-0.4, -0.2) is 11.5 Å². The lowest BCUT2D eigenvalue weighted by atomic mass is 9.90. The van der Waals surface area contributed by atoms with Gasteiger partial charge >= 0.3 is 0 Å². The van der Waals surface area contributed by atoms with Gasteiger partial charge in [-0.1, -0.05) is 161 Å². The molecule has 0 spiro atoms. The Morgan fingerprint density at radius 2 is 1.12 bits per heavy atom. The summed E-state index contributed by atoms with van der Waals surface area (Å²) in [5, 5.41) is 0. The van der Waals surface area contributed by atoms with Crippen molar-refractivity contribution in [3.8, 4) is 33.4 Å². The molecule has 6 aromatic carbocycles. The van der Waals surface area contributed by atoms with Crippen LogP contribution in [0.3, 0.4) is 0 Å². The average molecular weight is 655 g/mol. The third-order valence-corrected chi connectivity index (χ3v) is 9.12. The molecule has 0 amide bonds. The Kier molecular flexibility index (Phi) is 12.9. The molecule has 2 nitrogen and oxygen atoms in total. The van der Waals surface area contributed by atoms with Crippen LogP contribution in [-0.2, 0) is 6.42 Å². The summed E-state index contributed by atoms with van der Waals surface area (Å²) in [6, 6.07) is 53.7. The van der Waals surface area contributed by atoms with Crippen molar-refractivity contribution >= 4 is 11.5 Å². The van der Waals surface area contributed by atoms with Crippen LogP contribution in [0.2, 0.25) is 0 Å². The summed E-state index contributed by atoms with van der Waals surface area (Å²) in [5.74, 6) is 0.731. The minimum atomic E-state index is -0.0313. The van der Waals surface area contributed by atoms with Crippen molar-refractivity contribution in [2.24, 2.45) is 9.98 Å². The van der Waals surface area contributed by atoms with Crippen molar-refractivity contribution in [2.75, 3.05) is 0 Å². The zero-order chi connectivity index (χ0) is 35.3. The molecule has 0 fully saturated rings. The summed E-state index contributed by atoms with van der Waals surface area (Å²) in [6.07, 6.45) is 3.64. The highest BCUT2D eigenvalue weighted by Crippen LogP contribution is 2.34. The van der Waals surface area contributed by atoms with Crippen LogP contribution in [0.4, 0.5) is 0 Å². The molecule has 0 heterocycles. The van der Waals surface area contributed by atoms with Gasteiger partial charge in [-0.15, -0.1) is 0 Å². The van der Waals surface area contributed by atoms with E-state index in [2.05, 4.69) is 169 Å². The average Bonchev–Trinajstić information content (AvgIpc) is 3.18. The van der Waals surface area contributed by atoms with Gasteiger partial charge in [-0.05, 0) is 107 Å². The number of hydrogen-bond donors (Lipinski definition) is 0. The topological polar surface area (TPSA) is 24.7 Å². The maximum Gasteiger partial charge on any atom is 0.155 e. The Bertz CT molecular complexity index is 2020. The first-order valence-electron chi connectivity index (χ1n) is 18.0. The van der Waals surface area contributed by atoms with E-state index in [9.17, 15) is 0 Å². The first kappa shape index (κ1) is 36.0. The van der Waals surface area contributed by atoms with E-state index in [0.717, 1.165) is 45.8 Å². The molecular weight excluding hydrogens is 605 g/mol. The Labute approximate surface area is 300 Å². The minimum Gasteiger partial charge on any atom is -0.258 e. The molecular formula is C48H50N2. The van der Waals surface area contributed by atoms with Crippen molar-refractivity contribution in [1.82, 2.24) is 0 Å². The summed E-state index contributed by atoms with van der Waals surface area (Å²) in [4.78, 5) is 10.4. The molecule has 2 heteroatoms. The van der Waals surface area contributed by atoms with Crippen LogP contribution in [0.25, 0.3) is 33.4 Å². The van der Waals surface area contributed by atoms with E-state index in [-0.39, 0.29) is 6.04 Å². The largest absolute Gasteiger partial charge is 0.258 e. The molecule has 50 heavy (non-hydrogen) atoms. The standard InChI is InChI=1S/C44H40N2.C4H10/c1-5-34-17-15-16-24-42(34)43-30-38(26-25-31(43)2)41-28-39(27-40(29-41)36-20-11-7-12-21-36)33(4)46-44(37-22-13-8-14-23-37)45-32(3)35-18-9-6-10-19-35;1-3-4-2/h6-30,32H,5H2,1-4H3;3-4H2,1-2H3. The fourth-order valence-corrected chi connectivity index (χ4v) is 5.95. The van der Waals surface area contributed by atoms with Crippen LogP contribution in [0.5, 0.6) is 0 Å². The second-order valence-electron chi connectivity index (χ2n) is 12.8. The third-order valence-electron chi connectivity index (χ3n) is 9.12. The van der Waals surface area contributed by atoms with E-state index in [4.69, 9.17) is 9.98 Å². The highest BCUT2D eigenvalue weighted by Gasteiger charge is 2.13. The Morgan fingerprint density at radius 1 is 0.540 bits per heavy atom. The lowest BCUT2D eigenvalue weighted by molar-refractivity contribution is 0.818. The maximum absolute atomic E-state index is 5.22. The van der Waals surface area contributed by atoms with Crippen LogP contribution in [0, 0.1) is 6.92 Å². The number of rotatable bonds is 9. The summed E-state index contributed by atoms with van der Waals surface area (Å²) in [7, 11) is 0. The molecule has 6 rings (SSSR count). The minimum absolute atomic E-state index is 0.0313. The van der Waals surface area contributed by atoms with Gasteiger partial charge < -0.3 is 0 Å². The number of nitrogens with zero attached hydrogens (tertiary/aromatic N) is 2. The molecule has 0 saturated heterocycles. The Hall–Kier alpha value is -5.34. The Balaban J connectivity index is 0.00000115. The Morgan fingerprint density at radius 3 is 1.76 bits per heavy atom. The normalized spacial score (nSPS) is 12.2. The second-order valence-corrected chi connectivity index (χ2v) is 12.8. The number of aryl methyl sites for hydroxylation is 2. The molecule has 0 radical (unpaired) electrons. The van der Waals surface area contributed by atoms with Crippen LogP contribution in [0.1, 0.15) is 81.3 Å². The lowest BCUT2D eigenvalue weighted by Gasteiger charge is -2.15. The maximum atomic E-state index is 5.22. The predicted octanol–water partition coefficient (Wildman–Crippen LogP) is 13.4.